The van der Waals surface area contributed by atoms with E-state index in [0.29, 0.717) is 0 Å². The van der Waals surface area contributed by atoms with E-state index in [9.17, 15) is 13.2 Å². The van der Waals surface area contributed by atoms with Crippen molar-refractivity contribution in [1.29, 1.82) is 0 Å². The highest BCUT2D eigenvalue weighted by atomic mass is 32.2. The molecule has 0 radical (unpaired) electrons. The van der Waals surface area contributed by atoms with Gasteiger partial charge in [0.25, 0.3) is 0 Å². The Balaban J connectivity index is 4.13. The number of hydrogen-bond acceptors (Lipinski definition) is 4. The molecule has 2 N–H and O–H groups in total. The maximum absolute atomic E-state index is 11.5. The van der Waals surface area contributed by atoms with Crippen molar-refractivity contribution in [2.45, 2.75) is 45.8 Å². The second-order valence-corrected chi connectivity index (χ2v) is 7.68. The lowest BCUT2D eigenvalue weighted by molar-refractivity contribution is -0.130. The zero-order valence-corrected chi connectivity index (χ0v) is 12.8. The molecule has 0 bridgehead atoms. The second-order valence-electron chi connectivity index (χ2n) is 5.94. The van der Waals surface area contributed by atoms with Crippen molar-refractivity contribution < 1.29 is 17.9 Å². The quantitative estimate of drug-likeness (QED) is 0.730. The van der Waals surface area contributed by atoms with Gasteiger partial charge >= 0.3 is 0 Å². The number of nitrogens with one attached hydrogen (secondary N) is 2. The number of ether oxygens (including phenoxy) is 1. The monoisotopic (exact) mass is 280 g/mol. The van der Waals surface area contributed by atoms with E-state index in [1.807, 2.05) is 20.8 Å². The van der Waals surface area contributed by atoms with Gasteiger partial charge in [0, 0.05) is 12.1 Å². The Bertz CT molecular complexity index is 382. The van der Waals surface area contributed by atoms with E-state index in [2.05, 4.69) is 10.0 Å². The van der Waals surface area contributed by atoms with Crippen LogP contribution in [0.15, 0.2) is 0 Å². The van der Waals surface area contributed by atoms with E-state index in [1.165, 1.54) is 0 Å². The van der Waals surface area contributed by atoms with Crippen LogP contribution < -0.4 is 10.0 Å². The fourth-order valence-electron chi connectivity index (χ4n) is 1.19. The van der Waals surface area contributed by atoms with Gasteiger partial charge in [0.15, 0.2) is 0 Å². The molecule has 0 aliphatic rings. The average molecular weight is 280 g/mol. The van der Waals surface area contributed by atoms with E-state index in [1.54, 1.807) is 13.8 Å². The van der Waals surface area contributed by atoms with Gasteiger partial charge in [0.05, 0.1) is 11.9 Å². The minimum Gasteiger partial charge on any atom is -0.366 e. The maximum atomic E-state index is 11.5. The molecule has 0 spiro atoms. The summed E-state index contributed by atoms with van der Waals surface area (Å²) in [6.45, 7) is 9.11. The molecule has 0 saturated carbocycles. The first kappa shape index (κ1) is 17.3. The van der Waals surface area contributed by atoms with Crippen LogP contribution in [-0.4, -0.2) is 44.9 Å². The zero-order valence-electron chi connectivity index (χ0n) is 12.0. The fraction of sp³-hybridized carbons (Fsp3) is 0.909. The molecular weight excluding hydrogens is 256 g/mol. The largest absolute Gasteiger partial charge is 0.366 e. The number of hydrogen-bond donors (Lipinski definition) is 2. The summed E-state index contributed by atoms with van der Waals surface area (Å²) in [5.41, 5.74) is -1.11. The minimum absolute atomic E-state index is 0.0432. The Morgan fingerprint density at radius 1 is 1.17 bits per heavy atom. The third-order valence-corrected chi connectivity index (χ3v) is 2.75. The fourth-order valence-corrected chi connectivity index (χ4v) is 2.27. The highest BCUT2D eigenvalue weighted by Crippen LogP contribution is 2.06. The van der Waals surface area contributed by atoms with Crippen LogP contribution in [0.25, 0.3) is 0 Å². The molecule has 7 heteroatoms. The van der Waals surface area contributed by atoms with Gasteiger partial charge in [-0.1, -0.05) is 0 Å². The predicted molar refractivity (Wildman–Crippen MR) is 70.8 cm³/mol. The molecule has 0 aromatic rings. The molecule has 18 heavy (non-hydrogen) atoms. The molecule has 0 saturated heterocycles. The van der Waals surface area contributed by atoms with Crippen LogP contribution in [0, 0.1) is 0 Å². The third kappa shape index (κ3) is 10.5. The lowest BCUT2D eigenvalue weighted by atomic mass is 10.1. The second kappa shape index (κ2) is 5.99. The number of amides is 1. The first-order valence-electron chi connectivity index (χ1n) is 5.70. The van der Waals surface area contributed by atoms with Gasteiger partial charge in [-0.05, 0) is 34.6 Å². The first-order valence-corrected chi connectivity index (χ1v) is 7.59. The average Bonchev–Trinajstić information content (AvgIpc) is 2.06. The number of carbonyl (C=O) groups is 1. The van der Waals surface area contributed by atoms with Crippen molar-refractivity contribution in [3.63, 3.8) is 0 Å². The Kier molecular flexibility index (Phi) is 5.77. The topological polar surface area (TPSA) is 84.5 Å². The summed E-state index contributed by atoms with van der Waals surface area (Å²) in [5, 5.41) is 2.63. The van der Waals surface area contributed by atoms with Gasteiger partial charge in [-0.25, -0.2) is 13.1 Å². The lowest BCUT2D eigenvalue weighted by Gasteiger charge is -2.26. The summed E-state index contributed by atoms with van der Waals surface area (Å²) >= 11 is 0. The predicted octanol–water partition coefficient (Wildman–Crippen LogP) is 0.246. The van der Waals surface area contributed by atoms with Gasteiger partial charge in [-0.15, -0.1) is 0 Å². The summed E-state index contributed by atoms with van der Waals surface area (Å²) in [7, 11) is -3.30. The highest BCUT2D eigenvalue weighted by molar-refractivity contribution is 7.88. The van der Waals surface area contributed by atoms with E-state index in [4.69, 9.17) is 4.74 Å². The Labute approximate surface area is 110 Å². The van der Waals surface area contributed by atoms with Gasteiger partial charge in [-0.2, -0.15) is 0 Å². The molecule has 1 amide bonds. The first-order chi connectivity index (χ1) is 7.81. The lowest BCUT2D eigenvalue weighted by Crippen LogP contribution is -2.51. The van der Waals surface area contributed by atoms with Crippen LogP contribution in [0.3, 0.4) is 0 Å². The molecule has 0 aliphatic carbocycles. The van der Waals surface area contributed by atoms with Crippen molar-refractivity contribution >= 4 is 15.9 Å². The zero-order chi connectivity index (χ0) is 14.6. The van der Waals surface area contributed by atoms with Crippen molar-refractivity contribution in [2.75, 3.05) is 19.4 Å². The molecule has 0 unspecified atom stereocenters. The van der Waals surface area contributed by atoms with Crippen molar-refractivity contribution in [3.05, 3.63) is 0 Å². The third-order valence-electron chi connectivity index (χ3n) is 1.83. The Morgan fingerprint density at radius 3 is 2.06 bits per heavy atom. The van der Waals surface area contributed by atoms with Crippen LogP contribution in [0.2, 0.25) is 0 Å². The normalized spacial score (nSPS) is 13.4. The summed E-state index contributed by atoms with van der Waals surface area (Å²) < 4.78 is 29.9. The molecule has 0 aromatic carbocycles. The number of carbonyl (C=O) groups excluding carboxylic acids is 1. The van der Waals surface area contributed by atoms with Crippen LogP contribution >= 0.6 is 0 Å². The van der Waals surface area contributed by atoms with E-state index in [-0.39, 0.29) is 24.7 Å². The van der Waals surface area contributed by atoms with E-state index >= 15 is 0 Å². The SMILES string of the molecule is CC(C)(CNC(=O)COC(C)(C)C)NS(C)(=O)=O. The smallest absolute Gasteiger partial charge is 0.246 e. The summed E-state index contributed by atoms with van der Waals surface area (Å²) in [4.78, 5) is 11.5. The molecule has 0 aliphatic heterocycles. The van der Waals surface area contributed by atoms with Gasteiger partial charge in [0.1, 0.15) is 6.61 Å². The van der Waals surface area contributed by atoms with Gasteiger partial charge in [-0.3, -0.25) is 4.79 Å². The van der Waals surface area contributed by atoms with E-state index < -0.39 is 15.6 Å². The molecule has 6 nitrogen and oxygen atoms in total. The Hall–Kier alpha value is -0.660. The van der Waals surface area contributed by atoms with Gasteiger partial charge < -0.3 is 10.1 Å². The van der Waals surface area contributed by atoms with Crippen LogP contribution in [0.5, 0.6) is 0 Å². The van der Waals surface area contributed by atoms with Crippen molar-refractivity contribution in [3.8, 4) is 0 Å². The molecule has 0 rings (SSSR count). The van der Waals surface area contributed by atoms with Crippen LogP contribution in [0.4, 0.5) is 0 Å². The number of rotatable bonds is 6. The number of sulfonamides is 1. The molecule has 0 atom stereocenters. The molecule has 0 aromatic heterocycles. The van der Waals surface area contributed by atoms with Crippen LogP contribution in [-0.2, 0) is 19.6 Å². The van der Waals surface area contributed by atoms with Gasteiger partial charge in [0.2, 0.25) is 15.9 Å². The molecule has 0 heterocycles. The maximum Gasteiger partial charge on any atom is 0.246 e. The summed E-state index contributed by atoms with van der Waals surface area (Å²) in [5.74, 6) is -0.270. The summed E-state index contributed by atoms with van der Waals surface area (Å²) in [6, 6.07) is 0. The van der Waals surface area contributed by atoms with Crippen molar-refractivity contribution in [2.24, 2.45) is 0 Å². The standard InChI is InChI=1S/C11H24N2O4S/c1-10(2,3)17-7-9(14)12-8-11(4,5)13-18(6,15)16/h13H,7-8H2,1-6H3,(H,12,14). The van der Waals surface area contributed by atoms with E-state index in [0.717, 1.165) is 6.26 Å². The summed E-state index contributed by atoms with van der Waals surface area (Å²) in [6.07, 6.45) is 1.08. The molecule has 0 fully saturated rings. The molecular formula is C11H24N2O4S. The van der Waals surface area contributed by atoms with Crippen LogP contribution in [0.1, 0.15) is 34.6 Å². The minimum atomic E-state index is -3.30. The van der Waals surface area contributed by atoms with Crippen molar-refractivity contribution in [1.82, 2.24) is 10.0 Å². The Morgan fingerprint density at radius 2 is 1.67 bits per heavy atom. The molecule has 108 valence electrons. The highest BCUT2D eigenvalue weighted by Gasteiger charge is 2.23.